The number of nitrogens with one attached hydrogen (secondary N) is 1. The second-order valence-corrected chi connectivity index (χ2v) is 8.95. The van der Waals surface area contributed by atoms with Gasteiger partial charge in [-0.15, -0.1) is 0 Å². The fourth-order valence-corrected chi connectivity index (χ4v) is 2.76. The summed E-state index contributed by atoms with van der Waals surface area (Å²) >= 11 is 4.02. The second kappa shape index (κ2) is 10.8. The maximum atomic E-state index is 11.3. The van der Waals surface area contributed by atoms with Crippen molar-refractivity contribution in [3.8, 4) is 0 Å². The summed E-state index contributed by atoms with van der Waals surface area (Å²) in [5.41, 5.74) is -0.368. The second-order valence-electron chi connectivity index (χ2n) is 7.12. The molecular formula is C16H31I2NO3. The SMILES string of the molecule is CC(CC(C)C(=O)I)OC(C)(C)CCOC(C)(C)CCNI. The van der Waals surface area contributed by atoms with E-state index in [1.54, 1.807) is 0 Å². The van der Waals surface area contributed by atoms with Crippen LogP contribution in [0.3, 0.4) is 0 Å². The van der Waals surface area contributed by atoms with Gasteiger partial charge in [-0.2, -0.15) is 0 Å². The third-order valence-electron chi connectivity index (χ3n) is 3.61. The lowest BCUT2D eigenvalue weighted by atomic mass is 10.0. The Hall–Kier alpha value is 1.01. The minimum Gasteiger partial charge on any atom is -0.375 e. The number of carbonyl (C=O) groups is 1. The summed E-state index contributed by atoms with van der Waals surface area (Å²) in [6.07, 6.45) is 2.65. The first-order valence-electron chi connectivity index (χ1n) is 7.84. The van der Waals surface area contributed by atoms with Crippen molar-refractivity contribution in [2.75, 3.05) is 13.2 Å². The Kier molecular flexibility index (Phi) is 11.3. The smallest absolute Gasteiger partial charge is 0.195 e. The van der Waals surface area contributed by atoms with Crippen LogP contribution in [0.15, 0.2) is 0 Å². The summed E-state index contributed by atoms with van der Waals surface area (Å²) < 4.78 is 15.4. The Balaban J connectivity index is 4.15. The van der Waals surface area contributed by atoms with Gasteiger partial charge in [-0.25, -0.2) is 0 Å². The van der Waals surface area contributed by atoms with E-state index in [1.807, 2.05) is 36.4 Å². The van der Waals surface area contributed by atoms with Crippen LogP contribution in [0, 0.1) is 5.92 Å². The van der Waals surface area contributed by atoms with Crippen molar-refractivity contribution in [2.45, 2.75) is 78.1 Å². The zero-order chi connectivity index (χ0) is 17.4. The fourth-order valence-electron chi connectivity index (χ4n) is 2.24. The molecule has 132 valence electrons. The van der Waals surface area contributed by atoms with Crippen molar-refractivity contribution in [1.29, 1.82) is 0 Å². The highest BCUT2D eigenvalue weighted by atomic mass is 127. The molecule has 0 saturated carbocycles. The van der Waals surface area contributed by atoms with E-state index in [0.717, 1.165) is 25.8 Å². The molecule has 0 aromatic heterocycles. The lowest BCUT2D eigenvalue weighted by Crippen LogP contribution is -2.34. The third-order valence-corrected chi connectivity index (χ3v) is 5.21. The lowest BCUT2D eigenvalue weighted by molar-refractivity contribution is -0.118. The molecular weight excluding hydrogens is 508 g/mol. The predicted molar refractivity (Wildman–Crippen MR) is 109 cm³/mol. The van der Waals surface area contributed by atoms with Gasteiger partial charge in [0.05, 0.1) is 23.9 Å². The molecule has 0 amide bonds. The van der Waals surface area contributed by atoms with Gasteiger partial charge >= 0.3 is 0 Å². The summed E-state index contributed by atoms with van der Waals surface area (Å²) in [6.45, 7) is 14.0. The Morgan fingerprint density at radius 2 is 1.73 bits per heavy atom. The number of hydrogen-bond acceptors (Lipinski definition) is 4. The molecule has 0 aliphatic heterocycles. The number of carbonyl (C=O) groups excluding carboxylic acids is 1. The molecule has 0 aliphatic rings. The molecule has 0 aliphatic carbocycles. The number of ether oxygens (including phenoxy) is 2. The normalized spacial score (nSPS) is 15.6. The highest BCUT2D eigenvalue weighted by Crippen LogP contribution is 2.23. The van der Waals surface area contributed by atoms with Gasteiger partial charge in [-0.05, 0) is 76.5 Å². The Morgan fingerprint density at radius 1 is 1.14 bits per heavy atom. The van der Waals surface area contributed by atoms with E-state index in [1.165, 1.54) is 0 Å². The molecule has 0 aromatic rings. The first-order chi connectivity index (χ1) is 9.99. The summed E-state index contributed by atoms with van der Waals surface area (Å²) in [6, 6.07) is 0. The molecule has 4 nitrogen and oxygen atoms in total. The van der Waals surface area contributed by atoms with Crippen LogP contribution in [0.4, 0.5) is 0 Å². The molecule has 0 saturated heterocycles. The van der Waals surface area contributed by atoms with Crippen LogP contribution in [-0.2, 0) is 14.3 Å². The van der Waals surface area contributed by atoms with E-state index in [9.17, 15) is 4.79 Å². The van der Waals surface area contributed by atoms with E-state index in [4.69, 9.17) is 9.47 Å². The van der Waals surface area contributed by atoms with Gasteiger partial charge in [0, 0.05) is 35.3 Å². The monoisotopic (exact) mass is 539 g/mol. The van der Waals surface area contributed by atoms with Crippen LogP contribution in [0.25, 0.3) is 0 Å². The molecule has 2 unspecified atom stereocenters. The number of rotatable bonds is 12. The molecule has 6 heteroatoms. The van der Waals surface area contributed by atoms with Crippen LogP contribution >= 0.6 is 45.5 Å². The standard InChI is InChI=1S/C16H31I2NO3/c1-12(14(17)20)11-13(2)22-16(5,6)8-10-21-15(3,4)7-9-19-18/h12-13,19H,7-11H2,1-6H3. The topological polar surface area (TPSA) is 47.6 Å². The van der Waals surface area contributed by atoms with Crippen LogP contribution < -0.4 is 3.53 Å². The summed E-state index contributed by atoms with van der Waals surface area (Å²) in [7, 11) is 0. The fraction of sp³-hybridized carbons (Fsp3) is 0.938. The largest absolute Gasteiger partial charge is 0.375 e. The van der Waals surface area contributed by atoms with Crippen molar-refractivity contribution in [2.24, 2.45) is 5.92 Å². The van der Waals surface area contributed by atoms with Crippen molar-refractivity contribution < 1.29 is 14.3 Å². The van der Waals surface area contributed by atoms with E-state index >= 15 is 0 Å². The van der Waals surface area contributed by atoms with Gasteiger partial charge in [0.25, 0.3) is 0 Å². The molecule has 1 N–H and O–H groups in total. The molecule has 22 heavy (non-hydrogen) atoms. The van der Waals surface area contributed by atoms with E-state index in [-0.39, 0.29) is 27.0 Å². The van der Waals surface area contributed by atoms with Gasteiger partial charge in [-0.1, -0.05) is 6.92 Å². The third kappa shape index (κ3) is 11.5. The van der Waals surface area contributed by atoms with Gasteiger partial charge in [-0.3, -0.25) is 8.32 Å². The Bertz CT molecular complexity index is 335. The number of halogens is 2. The first-order valence-corrected chi connectivity index (χ1v) is 9.99. The van der Waals surface area contributed by atoms with E-state index in [2.05, 4.69) is 54.1 Å². The quantitative estimate of drug-likeness (QED) is 0.223. The first kappa shape index (κ1) is 23.0. The van der Waals surface area contributed by atoms with Gasteiger partial charge in [0.15, 0.2) is 3.79 Å². The average molecular weight is 539 g/mol. The van der Waals surface area contributed by atoms with Crippen LogP contribution in [0.5, 0.6) is 0 Å². The zero-order valence-electron chi connectivity index (χ0n) is 14.7. The van der Waals surface area contributed by atoms with E-state index < -0.39 is 0 Å². The Morgan fingerprint density at radius 3 is 2.23 bits per heavy atom. The minimum absolute atomic E-state index is 0.0439. The average Bonchev–Trinajstić information content (AvgIpc) is 2.34. The van der Waals surface area contributed by atoms with Gasteiger partial charge in [0.2, 0.25) is 0 Å². The predicted octanol–water partition coefficient (Wildman–Crippen LogP) is 4.67. The summed E-state index contributed by atoms with van der Waals surface area (Å²) in [4.78, 5) is 11.3. The molecule has 0 spiro atoms. The summed E-state index contributed by atoms with van der Waals surface area (Å²) in [5, 5.41) is 0. The van der Waals surface area contributed by atoms with Crippen molar-refractivity contribution >= 4 is 49.2 Å². The molecule has 2 atom stereocenters. The maximum absolute atomic E-state index is 11.3. The molecule has 0 fully saturated rings. The van der Waals surface area contributed by atoms with Crippen LogP contribution in [0.2, 0.25) is 0 Å². The highest BCUT2D eigenvalue weighted by Gasteiger charge is 2.25. The molecule has 0 rings (SSSR count). The van der Waals surface area contributed by atoms with E-state index in [0.29, 0.717) is 6.61 Å². The molecule has 0 bridgehead atoms. The van der Waals surface area contributed by atoms with Gasteiger partial charge < -0.3 is 9.47 Å². The zero-order valence-corrected chi connectivity index (χ0v) is 19.0. The minimum atomic E-state index is -0.245. The lowest BCUT2D eigenvalue weighted by Gasteiger charge is -2.32. The molecule has 0 aromatic carbocycles. The Labute approximate surface area is 163 Å². The molecule has 0 radical (unpaired) electrons. The van der Waals surface area contributed by atoms with Crippen LogP contribution in [0.1, 0.15) is 60.8 Å². The molecule has 0 heterocycles. The van der Waals surface area contributed by atoms with Crippen LogP contribution in [-0.4, -0.2) is 34.2 Å². The van der Waals surface area contributed by atoms with Crippen molar-refractivity contribution in [3.63, 3.8) is 0 Å². The summed E-state index contributed by atoms with van der Waals surface area (Å²) in [5.74, 6) is 0.0439. The van der Waals surface area contributed by atoms with Crippen molar-refractivity contribution in [3.05, 3.63) is 0 Å². The maximum Gasteiger partial charge on any atom is 0.195 e. The van der Waals surface area contributed by atoms with Crippen molar-refractivity contribution in [1.82, 2.24) is 3.53 Å². The number of hydrogen-bond donors (Lipinski definition) is 1. The van der Waals surface area contributed by atoms with Gasteiger partial charge in [0.1, 0.15) is 0 Å². The highest BCUT2D eigenvalue weighted by molar-refractivity contribution is 14.1.